The SMILES string of the molecule is C[Si](C)(C)c1cc(N(c2ccccc2)c2cc3c4ccccc4c(N(c4ccccc4)c4cc([Si](C)(C)C)cc([Si](C)(C)C)c4)cc3c3ccccc23)cc([Si](C)(C)C)c1. The molecule has 0 atom stereocenters. The highest BCUT2D eigenvalue weighted by atomic mass is 28.3. The van der Waals surface area contributed by atoms with Crippen LogP contribution in [-0.4, -0.2) is 32.3 Å². The molecular weight excluding hydrogens is 789 g/mol. The van der Waals surface area contributed by atoms with Crippen LogP contribution in [-0.2, 0) is 0 Å². The fraction of sp³-hybridized carbons (Fsp3) is 0.222. The minimum Gasteiger partial charge on any atom is -0.310 e. The van der Waals surface area contributed by atoms with Crippen molar-refractivity contribution in [1.82, 2.24) is 0 Å². The van der Waals surface area contributed by atoms with Crippen LogP contribution in [0.5, 0.6) is 0 Å². The van der Waals surface area contributed by atoms with Crippen molar-refractivity contribution in [3.63, 3.8) is 0 Å². The van der Waals surface area contributed by atoms with E-state index in [2.05, 4.69) is 246 Å². The van der Waals surface area contributed by atoms with Crippen LogP contribution in [0.3, 0.4) is 0 Å². The Balaban J connectivity index is 1.48. The number of benzene rings is 8. The zero-order chi connectivity index (χ0) is 42.8. The molecule has 0 amide bonds. The van der Waals surface area contributed by atoms with E-state index in [1.54, 1.807) is 0 Å². The lowest BCUT2D eigenvalue weighted by Crippen LogP contribution is -2.45. The van der Waals surface area contributed by atoms with E-state index in [0.717, 1.165) is 0 Å². The van der Waals surface area contributed by atoms with Gasteiger partial charge in [0.2, 0.25) is 0 Å². The molecule has 0 saturated heterocycles. The van der Waals surface area contributed by atoms with Gasteiger partial charge in [0.1, 0.15) is 0 Å². The van der Waals surface area contributed by atoms with Gasteiger partial charge in [0, 0.05) is 33.5 Å². The van der Waals surface area contributed by atoms with Gasteiger partial charge in [0.05, 0.1) is 43.7 Å². The molecule has 0 radical (unpaired) electrons. The maximum Gasteiger partial charge on any atom is 0.0776 e. The first-order valence-electron chi connectivity index (χ1n) is 21.7. The van der Waals surface area contributed by atoms with Gasteiger partial charge in [-0.1, -0.05) is 196 Å². The van der Waals surface area contributed by atoms with Gasteiger partial charge in [-0.05, 0) is 82.2 Å². The normalized spacial score (nSPS) is 12.7. The smallest absolute Gasteiger partial charge is 0.0776 e. The quantitative estimate of drug-likeness (QED) is 0.0999. The first kappa shape index (κ1) is 41.7. The Morgan fingerprint density at radius 3 is 0.800 bits per heavy atom. The van der Waals surface area contributed by atoms with Crippen molar-refractivity contribution in [2.24, 2.45) is 0 Å². The van der Waals surface area contributed by atoms with Crippen molar-refractivity contribution in [3.05, 3.63) is 158 Å². The number of fused-ring (bicyclic) bond motifs is 5. The topological polar surface area (TPSA) is 6.48 Å². The fourth-order valence-corrected chi connectivity index (χ4v) is 13.5. The Hall–Kier alpha value is -4.99. The van der Waals surface area contributed by atoms with E-state index in [1.807, 2.05) is 0 Å². The second kappa shape index (κ2) is 15.5. The number of rotatable bonds is 10. The highest BCUT2D eigenvalue weighted by Gasteiger charge is 2.29. The summed E-state index contributed by atoms with van der Waals surface area (Å²) < 4.78 is 0. The van der Waals surface area contributed by atoms with Gasteiger partial charge in [-0.25, -0.2) is 0 Å². The number of para-hydroxylation sites is 2. The third kappa shape index (κ3) is 8.10. The molecule has 60 heavy (non-hydrogen) atoms. The zero-order valence-electron chi connectivity index (χ0n) is 37.9. The summed E-state index contributed by atoms with van der Waals surface area (Å²) in [6.07, 6.45) is 0. The predicted molar refractivity (Wildman–Crippen MR) is 280 cm³/mol. The van der Waals surface area contributed by atoms with Crippen LogP contribution < -0.4 is 30.5 Å². The van der Waals surface area contributed by atoms with Crippen molar-refractivity contribution in [2.45, 2.75) is 78.6 Å². The summed E-state index contributed by atoms with van der Waals surface area (Å²) >= 11 is 0. The van der Waals surface area contributed by atoms with Crippen molar-refractivity contribution in [1.29, 1.82) is 0 Å². The Kier molecular flexibility index (Phi) is 10.8. The van der Waals surface area contributed by atoms with Crippen molar-refractivity contribution in [2.75, 3.05) is 9.80 Å². The molecule has 0 aromatic heterocycles. The molecule has 0 aliphatic rings. The van der Waals surface area contributed by atoms with Crippen LogP contribution in [0.2, 0.25) is 78.6 Å². The molecular formula is C54H62N2Si4. The second-order valence-corrected chi connectivity index (χ2v) is 41.2. The molecule has 0 unspecified atom stereocenters. The minimum absolute atomic E-state index is 1.17. The van der Waals surface area contributed by atoms with Gasteiger partial charge in [-0.15, -0.1) is 0 Å². The van der Waals surface area contributed by atoms with Crippen LogP contribution in [0.15, 0.2) is 158 Å². The van der Waals surface area contributed by atoms with Gasteiger partial charge in [0.25, 0.3) is 0 Å². The summed E-state index contributed by atoms with van der Waals surface area (Å²) in [6, 6.07) is 60.4. The van der Waals surface area contributed by atoms with Crippen molar-refractivity contribution < 1.29 is 0 Å². The molecule has 0 saturated carbocycles. The summed E-state index contributed by atoms with van der Waals surface area (Å²) in [6.45, 7) is 29.8. The highest BCUT2D eigenvalue weighted by molar-refractivity contribution is 6.92. The van der Waals surface area contributed by atoms with Crippen LogP contribution in [0.1, 0.15) is 0 Å². The lowest BCUT2D eigenvalue weighted by Gasteiger charge is -2.32. The van der Waals surface area contributed by atoms with Gasteiger partial charge in [0.15, 0.2) is 0 Å². The standard InChI is InChI=1S/C54H62N2Si4/c1-57(2,3)43-31-41(32-44(35-43)58(4,5)6)55(39-23-15-13-16-24-39)53-37-51-48-28-20-22-30-50(48)54(38-52(51)47-27-19-21-29-49(47)53)56(40-25-17-14-18-26-40)42-33-45(59(7,8)9)36-46(34-42)60(10,11)12/h13-38H,1-12H3. The molecule has 0 bridgehead atoms. The van der Waals surface area contributed by atoms with Crippen LogP contribution >= 0.6 is 0 Å². The monoisotopic (exact) mass is 850 g/mol. The third-order valence-corrected chi connectivity index (χ3v) is 20.2. The minimum atomic E-state index is -1.66. The molecule has 0 aliphatic carbocycles. The summed E-state index contributed by atoms with van der Waals surface area (Å²) in [5.41, 5.74) is 7.26. The first-order chi connectivity index (χ1) is 28.3. The predicted octanol–water partition coefficient (Wildman–Crippen LogP) is 14.3. The van der Waals surface area contributed by atoms with E-state index in [0.29, 0.717) is 0 Å². The Morgan fingerprint density at radius 2 is 0.517 bits per heavy atom. The molecule has 6 heteroatoms. The van der Waals surface area contributed by atoms with Crippen molar-refractivity contribution in [3.8, 4) is 0 Å². The van der Waals surface area contributed by atoms with E-state index in [4.69, 9.17) is 0 Å². The van der Waals surface area contributed by atoms with Gasteiger partial charge in [-0.3, -0.25) is 0 Å². The first-order valence-corrected chi connectivity index (χ1v) is 35.7. The Labute approximate surface area is 363 Å². The number of hydrogen-bond acceptors (Lipinski definition) is 2. The molecule has 2 nitrogen and oxygen atoms in total. The summed E-state index contributed by atoms with van der Waals surface area (Å²) in [4.78, 5) is 5.10. The lowest BCUT2D eigenvalue weighted by molar-refractivity contribution is 1.30. The van der Waals surface area contributed by atoms with Crippen LogP contribution in [0.4, 0.5) is 34.1 Å². The maximum absolute atomic E-state index is 2.55. The summed E-state index contributed by atoms with van der Waals surface area (Å²) in [7, 11) is -6.65. The molecule has 0 spiro atoms. The van der Waals surface area contributed by atoms with E-state index in [9.17, 15) is 0 Å². The number of nitrogens with zero attached hydrogens (tertiary/aromatic N) is 2. The van der Waals surface area contributed by atoms with E-state index in [-0.39, 0.29) is 0 Å². The highest BCUT2D eigenvalue weighted by Crippen LogP contribution is 2.47. The number of hydrogen-bond donors (Lipinski definition) is 0. The summed E-state index contributed by atoms with van der Waals surface area (Å²) in [5.74, 6) is 0. The summed E-state index contributed by atoms with van der Waals surface area (Å²) in [5, 5.41) is 13.6. The van der Waals surface area contributed by atoms with E-state index in [1.165, 1.54) is 87.2 Å². The van der Waals surface area contributed by atoms with E-state index >= 15 is 0 Å². The average molecular weight is 851 g/mol. The third-order valence-electron chi connectivity index (χ3n) is 12.2. The molecule has 0 N–H and O–H groups in total. The van der Waals surface area contributed by atoms with Crippen LogP contribution in [0.25, 0.3) is 32.3 Å². The van der Waals surface area contributed by atoms with Crippen molar-refractivity contribution >= 4 is 119 Å². The van der Waals surface area contributed by atoms with Gasteiger partial charge in [-0.2, -0.15) is 0 Å². The molecule has 304 valence electrons. The van der Waals surface area contributed by atoms with Crippen LogP contribution in [0, 0.1) is 0 Å². The Morgan fingerprint density at radius 1 is 0.250 bits per heavy atom. The van der Waals surface area contributed by atoms with Gasteiger partial charge < -0.3 is 9.80 Å². The average Bonchev–Trinajstić information content (AvgIpc) is 3.20. The molecule has 8 aromatic carbocycles. The second-order valence-electron chi connectivity index (χ2n) is 20.9. The van der Waals surface area contributed by atoms with Gasteiger partial charge >= 0.3 is 0 Å². The molecule has 8 aromatic rings. The Bertz CT molecular complexity index is 2600. The molecule has 0 aliphatic heterocycles. The molecule has 8 rings (SSSR count). The largest absolute Gasteiger partial charge is 0.310 e. The maximum atomic E-state index is 2.55. The van der Waals surface area contributed by atoms with E-state index < -0.39 is 32.3 Å². The lowest BCUT2D eigenvalue weighted by atomic mass is 9.93. The zero-order valence-corrected chi connectivity index (χ0v) is 41.9. The fourth-order valence-electron chi connectivity index (χ4n) is 8.50. The number of anilines is 6. The molecule has 0 heterocycles. The molecule has 0 fully saturated rings.